The average molecular weight is 459 g/mol. The van der Waals surface area contributed by atoms with Crippen LogP contribution in [0.1, 0.15) is 75.9 Å². The van der Waals surface area contributed by atoms with Gasteiger partial charge in [0.2, 0.25) is 0 Å². The van der Waals surface area contributed by atoms with Crippen molar-refractivity contribution in [2.75, 3.05) is 0 Å². The van der Waals surface area contributed by atoms with Crippen LogP contribution >= 0.6 is 0 Å². The summed E-state index contributed by atoms with van der Waals surface area (Å²) < 4.78 is 10.7. The van der Waals surface area contributed by atoms with E-state index in [1.807, 2.05) is 60.7 Å². The van der Waals surface area contributed by atoms with E-state index in [9.17, 15) is 0 Å². The topological polar surface area (TPSA) is 77.8 Å². The van der Waals surface area contributed by atoms with E-state index >= 15 is 0 Å². The monoisotopic (exact) mass is 458 g/mol. The zero-order chi connectivity index (χ0) is 23.3. The lowest BCUT2D eigenvalue weighted by Crippen LogP contribution is -1.90. The Hall–Kier alpha value is -3.28. The molecule has 2 aromatic carbocycles. The highest BCUT2D eigenvalue weighted by atomic mass is 16.5. The maximum atomic E-state index is 5.37. The van der Waals surface area contributed by atoms with Gasteiger partial charge in [-0.05, 0) is 37.1 Å². The summed E-state index contributed by atoms with van der Waals surface area (Å²) >= 11 is 0. The van der Waals surface area contributed by atoms with E-state index in [-0.39, 0.29) is 0 Å². The van der Waals surface area contributed by atoms with Gasteiger partial charge >= 0.3 is 0 Å². The van der Waals surface area contributed by atoms with Gasteiger partial charge in [0.05, 0.1) is 0 Å². The van der Waals surface area contributed by atoms with Crippen molar-refractivity contribution in [2.45, 2.75) is 77.0 Å². The lowest BCUT2D eigenvalue weighted by atomic mass is 10.0. The minimum Gasteiger partial charge on any atom is -0.334 e. The van der Waals surface area contributed by atoms with Crippen molar-refractivity contribution in [2.24, 2.45) is 0 Å². The zero-order valence-corrected chi connectivity index (χ0v) is 19.9. The van der Waals surface area contributed by atoms with Gasteiger partial charge in [-0.25, -0.2) is 0 Å². The first kappa shape index (κ1) is 23.9. The van der Waals surface area contributed by atoms with Crippen LogP contribution in [-0.2, 0) is 12.8 Å². The van der Waals surface area contributed by atoms with E-state index < -0.39 is 0 Å². The molecule has 0 unspecified atom stereocenters. The molecule has 4 rings (SSSR count). The minimum atomic E-state index is 0.616. The lowest BCUT2D eigenvalue weighted by molar-refractivity contribution is 0.420. The van der Waals surface area contributed by atoms with Crippen LogP contribution in [-0.4, -0.2) is 20.3 Å². The molecule has 0 spiro atoms. The molecule has 0 saturated heterocycles. The van der Waals surface area contributed by atoms with Crippen molar-refractivity contribution in [1.29, 1.82) is 0 Å². The number of unbranched alkanes of at least 4 members (excludes halogenated alkanes) is 9. The fourth-order valence-corrected chi connectivity index (χ4v) is 4.09. The van der Waals surface area contributed by atoms with Crippen LogP contribution in [0.25, 0.3) is 22.9 Å². The summed E-state index contributed by atoms with van der Waals surface area (Å²) in [6.07, 6.45) is 14.3. The van der Waals surface area contributed by atoms with Crippen LogP contribution in [0.4, 0.5) is 0 Å². The summed E-state index contributed by atoms with van der Waals surface area (Å²) in [6.45, 7) is 0. The molecule has 4 aromatic rings. The SMILES string of the molecule is c1ccc(-c2nc(CCCCCCCCCCCCc3noc(-c4ccccc4)n3)no2)cc1. The van der Waals surface area contributed by atoms with Gasteiger partial charge < -0.3 is 9.05 Å². The molecular weight excluding hydrogens is 424 g/mol. The normalized spacial score (nSPS) is 11.2. The van der Waals surface area contributed by atoms with Gasteiger partial charge in [-0.15, -0.1) is 0 Å². The minimum absolute atomic E-state index is 0.616. The maximum Gasteiger partial charge on any atom is 0.257 e. The van der Waals surface area contributed by atoms with Gasteiger partial charge in [0.1, 0.15) is 0 Å². The second-order valence-corrected chi connectivity index (χ2v) is 8.80. The van der Waals surface area contributed by atoms with Crippen LogP contribution in [0.3, 0.4) is 0 Å². The summed E-state index contributed by atoms with van der Waals surface area (Å²) in [7, 11) is 0. The molecule has 6 heteroatoms. The second kappa shape index (κ2) is 13.4. The van der Waals surface area contributed by atoms with Crippen LogP contribution in [0.2, 0.25) is 0 Å². The van der Waals surface area contributed by atoms with E-state index in [1.165, 1.54) is 51.4 Å². The Bertz CT molecular complexity index is 988. The summed E-state index contributed by atoms with van der Waals surface area (Å²) in [4.78, 5) is 9.01. The standard InChI is InChI=1S/C28H34N4O2/c1(3-5-7-15-21-25-29-27(33-31-25)23-17-11-9-12-18-23)2-4-6-8-16-22-26-30-28(34-32-26)24-19-13-10-14-20-24/h9-14,17-20H,1-8,15-16,21-22H2. The van der Waals surface area contributed by atoms with Crippen LogP contribution < -0.4 is 0 Å². The number of nitrogens with zero attached hydrogens (tertiary/aromatic N) is 4. The van der Waals surface area contributed by atoms with Crippen molar-refractivity contribution < 1.29 is 9.05 Å². The molecular formula is C28H34N4O2. The predicted molar refractivity (Wildman–Crippen MR) is 133 cm³/mol. The number of benzene rings is 2. The summed E-state index contributed by atoms with van der Waals surface area (Å²) in [5.41, 5.74) is 1.96. The van der Waals surface area contributed by atoms with Crippen molar-refractivity contribution in [3.8, 4) is 22.9 Å². The molecule has 178 valence electrons. The maximum absolute atomic E-state index is 5.37. The number of hydrogen-bond donors (Lipinski definition) is 0. The molecule has 0 bridgehead atoms. The highest BCUT2D eigenvalue weighted by Crippen LogP contribution is 2.19. The van der Waals surface area contributed by atoms with Crippen molar-refractivity contribution in [1.82, 2.24) is 20.3 Å². The third kappa shape index (κ3) is 7.65. The molecule has 0 aliphatic heterocycles. The first-order valence-corrected chi connectivity index (χ1v) is 12.6. The van der Waals surface area contributed by atoms with Gasteiger partial charge in [0.25, 0.3) is 11.8 Å². The third-order valence-electron chi connectivity index (χ3n) is 6.03. The van der Waals surface area contributed by atoms with Crippen LogP contribution in [0.15, 0.2) is 69.7 Å². The van der Waals surface area contributed by atoms with Crippen LogP contribution in [0, 0.1) is 0 Å². The summed E-state index contributed by atoms with van der Waals surface area (Å²) in [6, 6.07) is 19.9. The first-order chi connectivity index (χ1) is 16.9. The van der Waals surface area contributed by atoms with E-state index in [0.29, 0.717) is 11.8 Å². The molecule has 0 amide bonds. The Morgan fingerprint density at radius 3 is 1.18 bits per heavy atom. The first-order valence-electron chi connectivity index (χ1n) is 12.6. The largest absolute Gasteiger partial charge is 0.334 e. The molecule has 2 aromatic heterocycles. The molecule has 0 N–H and O–H groups in total. The Balaban J connectivity index is 0.970. The van der Waals surface area contributed by atoms with Gasteiger partial charge in [-0.3, -0.25) is 0 Å². The highest BCUT2D eigenvalue weighted by molar-refractivity contribution is 5.52. The number of aryl methyl sites for hydroxylation is 2. The molecule has 0 aliphatic rings. The fraction of sp³-hybridized carbons (Fsp3) is 0.429. The van der Waals surface area contributed by atoms with E-state index in [0.717, 1.165) is 48.5 Å². The van der Waals surface area contributed by atoms with Gasteiger partial charge in [0, 0.05) is 24.0 Å². The molecule has 0 saturated carbocycles. The van der Waals surface area contributed by atoms with Crippen molar-refractivity contribution in [3.63, 3.8) is 0 Å². The van der Waals surface area contributed by atoms with Gasteiger partial charge in [-0.2, -0.15) is 9.97 Å². The summed E-state index contributed by atoms with van der Waals surface area (Å²) in [5.74, 6) is 2.86. The van der Waals surface area contributed by atoms with Crippen molar-refractivity contribution in [3.05, 3.63) is 72.3 Å². The third-order valence-corrected chi connectivity index (χ3v) is 6.03. The van der Waals surface area contributed by atoms with Gasteiger partial charge in [0.15, 0.2) is 11.6 Å². The molecule has 2 heterocycles. The summed E-state index contributed by atoms with van der Waals surface area (Å²) in [5, 5.41) is 8.22. The molecule has 34 heavy (non-hydrogen) atoms. The number of rotatable bonds is 15. The molecule has 0 radical (unpaired) electrons. The van der Waals surface area contributed by atoms with E-state index in [1.54, 1.807) is 0 Å². The Morgan fingerprint density at radius 2 is 0.794 bits per heavy atom. The zero-order valence-electron chi connectivity index (χ0n) is 19.9. The second-order valence-electron chi connectivity index (χ2n) is 8.80. The molecule has 0 fully saturated rings. The Morgan fingerprint density at radius 1 is 0.441 bits per heavy atom. The predicted octanol–water partition coefficient (Wildman–Crippen LogP) is 7.47. The van der Waals surface area contributed by atoms with Crippen molar-refractivity contribution >= 4 is 0 Å². The lowest BCUT2D eigenvalue weighted by Gasteiger charge is -2.02. The Labute approximate surface area is 201 Å². The number of aromatic nitrogens is 4. The molecule has 0 aliphatic carbocycles. The van der Waals surface area contributed by atoms with E-state index in [2.05, 4.69) is 20.3 Å². The number of hydrogen-bond acceptors (Lipinski definition) is 6. The molecule has 0 atom stereocenters. The van der Waals surface area contributed by atoms with E-state index in [4.69, 9.17) is 9.05 Å². The average Bonchev–Trinajstić information content (AvgIpc) is 3.56. The quantitative estimate of drug-likeness (QED) is 0.172. The smallest absolute Gasteiger partial charge is 0.257 e. The fourth-order valence-electron chi connectivity index (χ4n) is 4.09. The molecule has 6 nitrogen and oxygen atoms in total. The highest BCUT2D eigenvalue weighted by Gasteiger charge is 2.09. The van der Waals surface area contributed by atoms with Gasteiger partial charge in [-0.1, -0.05) is 98.1 Å². The Kier molecular flexibility index (Phi) is 9.43. The van der Waals surface area contributed by atoms with Crippen LogP contribution in [0.5, 0.6) is 0 Å².